The Morgan fingerprint density at radius 3 is 2.25 bits per heavy atom. The molecule has 6 nitrogen and oxygen atoms in total. The zero-order valence-corrected chi connectivity index (χ0v) is 16.4. The maximum Gasteiger partial charge on any atom is 0.339 e. The highest BCUT2D eigenvalue weighted by molar-refractivity contribution is 5.93. The van der Waals surface area contributed by atoms with Crippen molar-refractivity contribution in [3.05, 3.63) is 65.5 Å². The lowest BCUT2D eigenvalue weighted by molar-refractivity contribution is -0.117. The quantitative estimate of drug-likeness (QED) is 0.582. The van der Waals surface area contributed by atoms with Crippen molar-refractivity contribution in [2.45, 2.75) is 19.3 Å². The van der Waals surface area contributed by atoms with E-state index in [1.165, 1.54) is 14.0 Å². The lowest BCUT2D eigenvalue weighted by Gasteiger charge is -2.20. The highest BCUT2D eigenvalue weighted by Crippen LogP contribution is 2.37. The summed E-state index contributed by atoms with van der Waals surface area (Å²) < 4.78 is 17.7. The van der Waals surface area contributed by atoms with Crippen LogP contribution in [0.2, 0.25) is 0 Å². The third-order valence-electron chi connectivity index (χ3n) is 4.72. The molecule has 0 bridgehead atoms. The Kier molecular flexibility index (Phi) is 5.68. The average Bonchev–Trinajstić information content (AvgIpc) is 3.10. The number of fused-ring (bicyclic) bond motifs is 1. The van der Waals surface area contributed by atoms with Crippen LogP contribution in [0, 0.1) is 0 Å². The van der Waals surface area contributed by atoms with Crippen LogP contribution in [0.1, 0.15) is 40.9 Å². The van der Waals surface area contributed by atoms with Crippen LogP contribution in [-0.2, 0) is 9.53 Å². The minimum absolute atomic E-state index is 0.00786. The van der Waals surface area contributed by atoms with Crippen LogP contribution >= 0.6 is 0 Å². The Morgan fingerprint density at radius 1 is 1.00 bits per heavy atom. The monoisotopic (exact) mass is 381 g/mol. The number of aromatic nitrogens is 1. The number of ketones is 1. The van der Waals surface area contributed by atoms with Crippen LogP contribution in [0.3, 0.4) is 0 Å². The fourth-order valence-electron chi connectivity index (χ4n) is 3.46. The second-order valence-corrected chi connectivity index (χ2v) is 6.54. The number of carbonyl (C=O) groups is 2. The van der Waals surface area contributed by atoms with E-state index < -0.39 is 5.97 Å². The SMILES string of the molecule is COC(=O)c1cc2ccccn2c1C(CC(C)=O)c1cc(OC)cc(OC)c1. The molecule has 0 fully saturated rings. The number of rotatable bonds is 7. The van der Waals surface area contributed by atoms with Gasteiger partial charge >= 0.3 is 5.97 Å². The lowest BCUT2D eigenvalue weighted by atomic mass is 9.88. The van der Waals surface area contributed by atoms with Gasteiger partial charge in [-0.1, -0.05) is 6.07 Å². The summed E-state index contributed by atoms with van der Waals surface area (Å²) in [4.78, 5) is 24.6. The maximum absolute atomic E-state index is 12.5. The van der Waals surface area contributed by atoms with E-state index in [1.807, 2.05) is 40.9 Å². The molecular formula is C22H23NO5. The fourth-order valence-corrected chi connectivity index (χ4v) is 3.46. The second-order valence-electron chi connectivity index (χ2n) is 6.54. The summed E-state index contributed by atoms with van der Waals surface area (Å²) in [5.74, 6) is 0.419. The number of nitrogens with zero attached hydrogens (tertiary/aromatic N) is 1. The number of hydrogen-bond donors (Lipinski definition) is 0. The van der Waals surface area contributed by atoms with Gasteiger partial charge in [-0.25, -0.2) is 4.79 Å². The van der Waals surface area contributed by atoms with Crippen LogP contribution in [0.5, 0.6) is 11.5 Å². The molecule has 0 radical (unpaired) electrons. The summed E-state index contributed by atoms with van der Waals surface area (Å²) in [6.07, 6.45) is 2.10. The molecule has 0 amide bonds. The van der Waals surface area contributed by atoms with Crippen molar-refractivity contribution in [3.63, 3.8) is 0 Å². The molecule has 0 N–H and O–H groups in total. The first-order valence-corrected chi connectivity index (χ1v) is 8.89. The molecule has 3 rings (SSSR count). The zero-order chi connectivity index (χ0) is 20.3. The molecule has 0 aliphatic carbocycles. The number of esters is 1. The van der Waals surface area contributed by atoms with E-state index in [0.717, 1.165) is 11.1 Å². The minimum Gasteiger partial charge on any atom is -0.497 e. The van der Waals surface area contributed by atoms with Crippen molar-refractivity contribution in [3.8, 4) is 11.5 Å². The van der Waals surface area contributed by atoms with Crippen molar-refractivity contribution < 1.29 is 23.8 Å². The van der Waals surface area contributed by atoms with E-state index >= 15 is 0 Å². The molecule has 1 unspecified atom stereocenters. The molecule has 0 saturated heterocycles. The number of pyridine rings is 1. The second kappa shape index (κ2) is 8.17. The van der Waals surface area contributed by atoms with Gasteiger partial charge in [0.25, 0.3) is 0 Å². The number of hydrogen-bond acceptors (Lipinski definition) is 5. The predicted molar refractivity (Wildman–Crippen MR) is 105 cm³/mol. The summed E-state index contributed by atoms with van der Waals surface area (Å²) in [7, 11) is 4.50. The Morgan fingerprint density at radius 2 is 1.68 bits per heavy atom. The van der Waals surface area contributed by atoms with Crippen molar-refractivity contribution in [1.29, 1.82) is 0 Å². The molecule has 0 spiro atoms. The largest absolute Gasteiger partial charge is 0.497 e. The van der Waals surface area contributed by atoms with E-state index in [-0.39, 0.29) is 18.1 Å². The molecular weight excluding hydrogens is 358 g/mol. The molecule has 6 heteroatoms. The lowest BCUT2D eigenvalue weighted by Crippen LogP contribution is -2.14. The third-order valence-corrected chi connectivity index (χ3v) is 4.72. The van der Waals surface area contributed by atoms with Crippen molar-refractivity contribution in [2.75, 3.05) is 21.3 Å². The summed E-state index contributed by atoms with van der Waals surface area (Å²) in [5, 5.41) is 0. The number of carbonyl (C=O) groups excluding carboxylic acids is 2. The Labute approximate surface area is 163 Å². The van der Waals surface area contributed by atoms with Gasteiger partial charge < -0.3 is 18.6 Å². The standard InChI is InChI=1S/C22H23NO5/c1-14(24)9-19(15-10-17(26-2)13-18(11-15)27-3)21-20(22(25)28-4)12-16-7-5-6-8-23(16)21/h5-8,10-13,19H,9H2,1-4H3. The smallest absolute Gasteiger partial charge is 0.339 e. The summed E-state index contributed by atoms with van der Waals surface area (Å²) in [6.45, 7) is 1.54. The third kappa shape index (κ3) is 3.71. The van der Waals surface area contributed by atoms with Crippen molar-refractivity contribution in [1.82, 2.24) is 4.40 Å². The van der Waals surface area contributed by atoms with E-state index in [4.69, 9.17) is 14.2 Å². The van der Waals surface area contributed by atoms with E-state index in [2.05, 4.69) is 0 Å². The van der Waals surface area contributed by atoms with Gasteiger partial charge in [-0.15, -0.1) is 0 Å². The minimum atomic E-state index is -0.442. The van der Waals surface area contributed by atoms with Gasteiger partial charge in [-0.05, 0) is 42.8 Å². The van der Waals surface area contributed by atoms with Gasteiger partial charge in [-0.3, -0.25) is 4.79 Å². The van der Waals surface area contributed by atoms with E-state index in [9.17, 15) is 9.59 Å². The highest BCUT2D eigenvalue weighted by Gasteiger charge is 2.27. The topological polar surface area (TPSA) is 66.2 Å². The Bertz CT molecular complexity index is 999. The zero-order valence-electron chi connectivity index (χ0n) is 16.4. The van der Waals surface area contributed by atoms with Gasteiger partial charge in [0.1, 0.15) is 17.3 Å². The van der Waals surface area contributed by atoms with E-state index in [0.29, 0.717) is 22.8 Å². The molecule has 2 heterocycles. The Hall–Kier alpha value is -3.28. The maximum atomic E-state index is 12.5. The van der Waals surface area contributed by atoms with Crippen LogP contribution in [0.4, 0.5) is 0 Å². The molecule has 1 atom stereocenters. The molecule has 0 aliphatic heterocycles. The molecule has 0 saturated carbocycles. The summed E-state index contributed by atoms with van der Waals surface area (Å²) in [6, 6.07) is 13.0. The highest BCUT2D eigenvalue weighted by atomic mass is 16.5. The number of benzene rings is 1. The van der Waals surface area contributed by atoms with Gasteiger partial charge in [-0.2, -0.15) is 0 Å². The molecule has 2 aromatic heterocycles. The molecule has 28 heavy (non-hydrogen) atoms. The summed E-state index contributed by atoms with van der Waals surface area (Å²) in [5.41, 5.74) is 2.80. The first-order valence-electron chi connectivity index (χ1n) is 8.89. The van der Waals surface area contributed by atoms with Crippen molar-refractivity contribution in [2.24, 2.45) is 0 Å². The van der Waals surface area contributed by atoms with Crippen LogP contribution in [0.25, 0.3) is 5.52 Å². The van der Waals surface area contributed by atoms with Gasteiger partial charge in [0, 0.05) is 35.8 Å². The average molecular weight is 381 g/mol. The molecule has 146 valence electrons. The normalized spacial score (nSPS) is 11.9. The van der Waals surface area contributed by atoms with E-state index in [1.54, 1.807) is 26.4 Å². The van der Waals surface area contributed by atoms with Gasteiger partial charge in [0.2, 0.25) is 0 Å². The van der Waals surface area contributed by atoms with Crippen LogP contribution in [0.15, 0.2) is 48.7 Å². The molecule has 3 aromatic rings. The molecule has 1 aromatic carbocycles. The number of ether oxygens (including phenoxy) is 3. The van der Waals surface area contributed by atoms with Gasteiger partial charge in [0.15, 0.2) is 0 Å². The first-order chi connectivity index (χ1) is 13.5. The molecule has 0 aliphatic rings. The van der Waals surface area contributed by atoms with Crippen LogP contribution < -0.4 is 9.47 Å². The fraction of sp³-hybridized carbons (Fsp3) is 0.273. The Balaban J connectivity index is 2.29. The van der Waals surface area contributed by atoms with Crippen molar-refractivity contribution >= 4 is 17.3 Å². The number of Topliss-reactive ketones (excluding diaryl/α,β-unsaturated/α-hetero) is 1. The van der Waals surface area contributed by atoms with Crippen LogP contribution in [-0.4, -0.2) is 37.5 Å². The van der Waals surface area contributed by atoms with Gasteiger partial charge in [0.05, 0.1) is 26.9 Å². The predicted octanol–water partition coefficient (Wildman–Crippen LogP) is 3.85. The number of methoxy groups -OCH3 is 3. The first kappa shape index (κ1) is 19.5. The summed E-state index contributed by atoms with van der Waals surface area (Å²) >= 11 is 0.